The Bertz CT molecular complexity index is 2290. The summed E-state index contributed by atoms with van der Waals surface area (Å²) in [5.41, 5.74) is 15.9. The van der Waals surface area contributed by atoms with Crippen LogP contribution in [-0.4, -0.2) is 9.97 Å². The lowest BCUT2D eigenvalue weighted by atomic mass is 9.69. The Hall–Kier alpha value is -4.82. The third kappa shape index (κ3) is 2.20. The fourth-order valence-electron chi connectivity index (χ4n) is 8.23. The van der Waals surface area contributed by atoms with Crippen LogP contribution in [-0.2, 0) is 5.41 Å². The van der Waals surface area contributed by atoms with Gasteiger partial charge >= 0.3 is 0 Å². The van der Waals surface area contributed by atoms with Gasteiger partial charge in [-0.15, -0.1) is 0 Å². The Morgan fingerprint density at radius 1 is 0.538 bits per heavy atom. The second kappa shape index (κ2) is 6.78. The molecule has 0 fully saturated rings. The maximum absolute atomic E-state index is 3.85. The first-order valence-corrected chi connectivity index (χ1v) is 13.9. The molecule has 39 heavy (non-hydrogen) atoms. The van der Waals surface area contributed by atoms with Crippen molar-refractivity contribution < 1.29 is 0 Å². The third-order valence-electron chi connectivity index (χ3n) is 9.65. The van der Waals surface area contributed by atoms with Gasteiger partial charge in [0, 0.05) is 43.7 Å². The number of hydrogen-bond acceptors (Lipinski definition) is 0. The van der Waals surface area contributed by atoms with Gasteiger partial charge < -0.3 is 9.97 Å². The van der Waals surface area contributed by atoms with Crippen molar-refractivity contribution in [2.45, 2.75) is 18.3 Å². The first kappa shape index (κ1) is 20.2. The largest absolute Gasteiger partial charge is 0.354 e. The molecule has 5 aromatic carbocycles. The molecule has 3 aliphatic carbocycles. The number of rotatable bonds is 0. The number of H-pyrrole nitrogens is 2. The van der Waals surface area contributed by atoms with Crippen molar-refractivity contribution in [3.05, 3.63) is 137 Å². The normalized spacial score (nSPS) is 19.0. The Morgan fingerprint density at radius 3 is 1.90 bits per heavy atom. The van der Waals surface area contributed by atoms with E-state index < -0.39 is 0 Å². The Labute approximate surface area is 225 Å². The second-order valence-electron chi connectivity index (χ2n) is 11.3. The van der Waals surface area contributed by atoms with E-state index in [9.17, 15) is 0 Å². The predicted molar refractivity (Wildman–Crippen MR) is 162 cm³/mol. The van der Waals surface area contributed by atoms with E-state index in [0.717, 1.165) is 12.8 Å². The molecule has 0 radical (unpaired) electrons. The molecule has 2 nitrogen and oxygen atoms in total. The van der Waals surface area contributed by atoms with Crippen LogP contribution in [0.25, 0.3) is 60.3 Å². The number of benzene rings is 5. The average molecular weight is 497 g/mol. The molecule has 2 heterocycles. The molecule has 1 spiro atoms. The summed E-state index contributed by atoms with van der Waals surface area (Å²) in [5.74, 6) is 0. The van der Waals surface area contributed by atoms with Crippen LogP contribution in [0.4, 0.5) is 0 Å². The molecule has 0 saturated carbocycles. The molecule has 2 aromatic heterocycles. The first-order valence-electron chi connectivity index (χ1n) is 13.9. The molecule has 0 aliphatic heterocycles. The van der Waals surface area contributed by atoms with E-state index in [1.807, 2.05) is 0 Å². The van der Waals surface area contributed by atoms with Crippen molar-refractivity contribution in [2.75, 3.05) is 0 Å². The van der Waals surface area contributed by atoms with Gasteiger partial charge in [-0.05, 0) is 58.4 Å². The van der Waals surface area contributed by atoms with Crippen LogP contribution in [0, 0.1) is 0 Å². The summed E-state index contributed by atoms with van der Waals surface area (Å²) in [4.78, 5) is 7.68. The van der Waals surface area contributed by atoms with E-state index in [1.54, 1.807) is 0 Å². The van der Waals surface area contributed by atoms with Gasteiger partial charge in [0.25, 0.3) is 0 Å². The zero-order chi connectivity index (χ0) is 25.3. The molecule has 2 heteroatoms. The zero-order valence-corrected chi connectivity index (χ0v) is 21.3. The predicted octanol–water partition coefficient (Wildman–Crippen LogP) is 9.39. The fourth-order valence-corrected chi connectivity index (χ4v) is 8.23. The summed E-state index contributed by atoms with van der Waals surface area (Å²) in [6.45, 7) is 0. The van der Waals surface area contributed by atoms with Gasteiger partial charge in [0.05, 0.1) is 16.4 Å². The maximum atomic E-state index is 3.85. The van der Waals surface area contributed by atoms with Crippen LogP contribution >= 0.6 is 0 Å². The number of allylic oxidation sites excluding steroid dienone is 4. The van der Waals surface area contributed by atoms with Crippen molar-refractivity contribution in [3.8, 4) is 11.1 Å². The minimum Gasteiger partial charge on any atom is -0.354 e. The van der Waals surface area contributed by atoms with E-state index in [4.69, 9.17) is 0 Å². The summed E-state index contributed by atoms with van der Waals surface area (Å²) in [7, 11) is 0. The SMILES string of the molecule is C1=CC2=C(CC1)c1c(ccc3c1[nH]c1ccccc13)C21c2ccccc2-c2c1ccc1c2[nH]c2ccccc21. The molecular weight excluding hydrogens is 472 g/mol. The molecular formula is C37H24N2. The number of fused-ring (bicyclic) bond motifs is 17. The van der Waals surface area contributed by atoms with Crippen molar-refractivity contribution >= 4 is 49.2 Å². The summed E-state index contributed by atoms with van der Waals surface area (Å²) in [5, 5.41) is 5.21. The van der Waals surface area contributed by atoms with Crippen LogP contribution in [0.3, 0.4) is 0 Å². The lowest BCUT2D eigenvalue weighted by Gasteiger charge is -2.32. The van der Waals surface area contributed by atoms with Crippen molar-refractivity contribution in [1.82, 2.24) is 9.97 Å². The third-order valence-corrected chi connectivity index (χ3v) is 9.65. The van der Waals surface area contributed by atoms with Crippen LogP contribution in [0.15, 0.2) is 115 Å². The summed E-state index contributed by atoms with van der Waals surface area (Å²) >= 11 is 0. The number of para-hydroxylation sites is 2. The van der Waals surface area contributed by atoms with Gasteiger partial charge in [0.15, 0.2) is 0 Å². The van der Waals surface area contributed by atoms with E-state index in [2.05, 4.69) is 119 Å². The zero-order valence-electron chi connectivity index (χ0n) is 21.3. The number of aromatic amines is 2. The standard InChI is InChI=1S/C37H24N2/c1-5-13-27-25(11-1)33-29(19-17-23-21-9-3-7-15-31(21)38-35(23)33)37(27)28-14-6-2-12-26(28)34-30(37)20-18-24-22-10-4-8-16-32(22)39-36(24)34/h1,3-11,13-20,38-39H,2,12H2. The highest BCUT2D eigenvalue weighted by molar-refractivity contribution is 6.17. The van der Waals surface area contributed by atoms with E-state index in [0.29, 0.717) is 0 Å². The van der Waals surface area contributed by atoms with Gasteiger partial charge in [-0.3, -0.25) is 0 Å². The van der Waals surface area contributed by atoms with E-state index in [-0.39, 0.29) is 5.41 Å². The monoisotopic (exact) mass is 496 g/mol. The minimum absolute atomic E-state index is 0.315. The van der Waals surface area contributed by atoms with Gasteiger partial charge in [-0.1, -0.05) is 97.1 Å². The first-order chi connectivity index (χ1) is 19.4. The Kier molecular flexibility index (Phi) is 3.51. The van der Waals surface area contributed by atoms with Gasteiger partial charge in [-0.2, -0.15) is 0 Å². The number of aromatic nitrogens is 2. The maximum Gasteiger partial charge on any atom is 0.0723 e. The Morgan fingerprint density at radius 2 is 1.15 bits per heavy atom. The molecule has 0 amide bonds. The molecule has 1 atom stereocenters. The molecule has 10 rings (SSSR count). The number of nitrogens with one attached hydrogen (secondary N) is 2. The molecule has 7 aromatic rings. The topological polar surface area (TPSA) is 31.6 Å². The lowest BCUT2D eigenvalue weighted by Crippen LogP contribution is -2.27. The fraction of sp³-hybridized carbons (Fsp3) is 0.0811. The quantitative estimate of drug-likeness (QED) is 0.210. The van der Waals surface area contributed by atoms with E-state index in [1.165, 1.54) is 88.1 Å². The second-order valence-corrected chi connectivity index (χ2v) is 11.3. The summed E-state index contributed by atoms with van der Waals surface area (Å²) in [6, 6.07) is 36.1. The molecule has 0 saturated heterocycles. The van der Waals surface area contributed by atoms with Crippen molar-refractivity contribution in [1.29, 1.82) is 0 Å². The minimum atomic E-state index is -0.315. The van der Waals surface area contributed by atoms with Crippen LogP contribution in [0.5, 0.6) is 0 Å². The van der Waals surface area contributed by atoms with Gasteiger partial charge in [0.1, 0.15) is 0 Å². The Balaban J connectivity index is 1.41. The highest BCUT2D eigenvalue weighted by Gasteiger charge is 2.53. The highest BCUT2D eigenvalue weighted by Crippen LogP contribution is 2.65. The molecule has 2 N–H and O–H groups in total. The molecule has 0 bridgehead atoms. The molecule has 1 unspecified atom stereocenters. The van der Waals surface area contributed by atoms with Gasteiger partial charge in [-0.25, -0.2) is 0 Å². The van der Waals surface area contributed by atoms with Crippen LogP contribution in [0.1, 0.15) is 35.1 Å². The van der Waals surface area contributed by atoms with Crippen LogP contribution < -0.4 is 0 Å². The van der Waals surface area contributed by atoms with Crippen molar-refractivity contribution in [2.24, 2.45) is 0 Å². The van der Waals surface area contributed by atoms with E-state index >= 15 is 0 Å². The van der Waals surface area contributed by atoms with Crippen LogP contribution in [0.2, 0.25) is 0 Å². The highest BCUT2D eigenvalue weighted by atomic mass is 14.7. The summed E-state index contributed by atoms with van der Waals surface area (Å²) < 4.78 is 0. The smallest absolute Gasteiger partial charge is 0.0723 e. The van der Waals surface area contributed by atoms with Gasteiger partial charge in [0.2, 0.25) is 0 Å². The molecule has 3 aliphatic rings. The number of hydrogen-bond donors (Lipinski definition) is 2. The summed E-state index contributed by atoms with van der Waals surface area (Å²) in [6.07, 6.45) is 6.98. The lowest BCUT2D eigenvalue weighted by molar-refractivity contribution is 0.782. The molecule has 182 valence electrons. The average Bonchev–Trinajstić information content (AvgIpc) is 3.71. The van der Waals surface area contributed by atoms with Crippen molar-refractivity contribution in [3.63, 3.8) is 0 Å².